The Morgan fingerprint density at radius 3 is 2.33 bits per heavy atom. The van der Waals surface area contributed by atoms with Gasteiger partial charge in [-0.3, -0.25) is 4.57 Å². The highest BCUT2D eigenvalue weighted by Gasteiger charge is 2.28. The molecule has 0 amide bonds. The van der Waals surface area contributed by atoms with Gasteiger partial charge in [-0.05, 0) is 45.0 Å². The van der Waals surface area contributed by atoms with E-state index < -0.39 is 13.7 Å². The summed E-state index contributed by atoms with van der Waals surface area (Å²) in [5, 5.41) is 2.70. The number of hydrogen-bond acceptors (Lipinski definition) is 2. The summed E-state index contributed by atoms with van der Waals surface area (Å²) in [6.07, 6.45) is -0.322. The number of carbonyl (C=O) groups excluding carboxylic acids is 1. The molecule has 0 bridgehead atoms. The summed E-state index contributed by atoms with van der Waals surface area (Å²) in [4.78, 5) is 12.6. The van der Waals surface area contributed by atoms with Crippen LogP contribution in [0.25, 0.3) is 10.9 Å². The zero-order valence-electron chi connectivity index (χ0n) is 13.5. The second-order valence-electron chi connectivity index (χ2n) is 7.30. The standard InChI is InChI=1S/C16H22ClNO2Si/c1-16(2,3)20-15(19)18-13-8-7-12(17)9-11(13)10-14(18)21(4,5)6/h7-10H,1-6H3. The zero-order valence-corrected chi connectivity index (χ0v) is 15.2. The van der Waals surface area contributed by atoms with Crippen LogP contribution in [-0.4, -0.2) is 24.3 Å². The molecule has 0 N–H and O–H groups in total. The van der Waals surface area contributed by atoms with Gasteiger partial charge in [-0.1, -0.05) is 31.2 Å². The van der Waals surface area contributed by atoms with Gasteiger partial charge in [0.25, 0.3) is 0 Å². The molecule has 5 heteroatoms. The van der Waals surface area contributed by atoms with E-state index in [0.717, 1.165) is 16.2 Å². The van der Waals surface area contributed by atoms with Gasteiger partial charge in [0.15, 0.2) is 0 Å². The molecule has 0 fully saturated rings. The van der Waals surface area contributed by atoms with Gasteiger partial charge >= 0.3 is 6.09 Å². The smallest absolute Gasteiger partial charge is 0.418 e. The highest BCUT2D eigenvalue weighted by molar-refractivity contribution is 6.88. The van der Waals surface area contributed by atoms with Crippen molar-refractivity contribution in [3.63, 3.8) is 0 Å². The summed E-state index contributed by atoms with van der Waals surface area (Å²) in [6.45, 7) is 12.3. The van der Waals surface area contributed by atoms with Crippen LogP contribution in [0.5, 0.6) is 0 Å². The van der Waals surface area contributed by atoms with Crippen LogP contribution >= 0.6 is 11.6 Å². The first-order valence-electron chi connectivity index (χ1n) is 7.04. The van der Waals surface area contributed by atoms with E-state index in [9.17, 15) is 4.79 Å². The van der Waals surface area contributed by atoms with E-state index in [1.807, 2.05) is 32.9 Å². The number of hydrogen-bond donors (Lipinski definition) is 0. The normalized spacial score (nSPS) is 12.7. The monoisotopic (exact) mass is 323 g/mol. The van der Waals surface area contributed by atoms with Gasteiger partial charge in [0.1, 0.15) is 5.60 Å². The van der Waals surface area contributed by atoms with Gasteiger partial charge < -0.3 is 4.74 Å². The fraction of sp³-hybridized carbons (Fsp3) is 0.438. The number of halogens is 1. The van der Waals surface area contributed by atoms with Crippen molar-refractivity contribution >= 4 is 42.0 Å². The maximum atomic E-state index is 12.6. The molecule has 21 heavy (non-hydrogen) atoms. The summed E-state index contributed by atoms with van der Waals surface area (Å²) in [7, 11) is -1.70. The first-order chi connectivity index (χ1) is 9.49. The number of fused-ring (bicyclic) bond motifs is 1. The van der Waals surface area contributed by atoms with E-state index >= 15 is 0 Å². The van der Waals surface area contributed by atoms with Crippen molar-refractivity contribution in [2.75, 3.05) is 0 Å². The summed E-state index contributed by atoms with van der Waals surface area (Å²) >= 11 is 6.07. The molecule has 0 aliphatic carbocycles. The molecule has 3 nitrogen and oxygen atoms in total. The highest BCUT2D eigenvalue weighted by atomic mass is 35.5. The summed E-state index contributed by atoms with van der Waals surface area (Å²) < 4.78 is 7.28. The second-order valence-corrected chi connectivity index (χ2v) is 12.7. The number of ether oxygens (including phenoxy) is 1. The molecule has 2 aromatic rings. The average molecular weight is 324 g/mol. The lowest BCUT2D eigenvalue weighted by molar-refractivity contribution is 0.0549. The predicted octanol–water partition coefficient (Wildman–Crippen LogP) is 4.62. The lowest BCUT2D eigenvalue weighted by atomic mass is 10.2. The SMILES string of the molecule is CC(C)(C)OC(=O)n1c([Si](C)(C)C)cc2cc(Cl)ccc21. The molecular weight excluding hydrogens is 302 g/mol. The molecule has 0 aliphatic heterocycles. The Morgan fingerprint density at radius 2 is 1.81 bits per heavy atom. The van der Waals surface area contributed by atoms with Gasteiger partial charge in [-0.2, -0.15) is 0 Å². The fourth-order valence-corrected chi connectivity index (χ4v) is 3.89. The lowest BCUT2D eigenvalue weighted by Gasteiger charge is -2.24. The van der Waals surface area contributed by atoms with Crippen LogP contribution in [0.2, 0.25) is 24.7 Å². The molecule has 0 unspecified atom stereocenters. The van der Waals surface area contributed by atoms with Crippen molar-refractivity contribution in [3.05, 3.63) is 29.3 Å². The first kappa shape index (κ1) is 16.1. The minimum absolute atomic E-state index is 0.322. The Bertz CT molecular complexity index is 693. The van der Waals surface area contributed by atoms with E-state index in [1.165, 1.54) is 0 Å². The van der Waals surface area contributed by atoms with Gasteiger partial charge in [0, 0.05) is 15.7 Å². The Morgan fingerprint density at radius 1 is 1.19 bits per heavy atom. The topological polar surface area (TPSA) is 31.2 Å². The Kier molecular flexibility index (Phi) is 3.97. The molecule has 0 spiro atoms. The number of carbonyl (C=O) groups is 1. The molecule has 2 rings (SSSR count). The summed E-state index contributed by atoms with van der Waals surface area (Å²) in [5.41, 5.74) is 0.336. The quantitative estimate of drug-likeness (QED) is 0.717. The number of nitrogens with zero attached hydrogens (tertiary/aromatic N) is 1. The van der Waals surface area contributed by atoms with Crippen LogP contribution < -0.4 is 5.32 Å². The van der Waals surface area contributed by atoms with E-state index in [0.29, 0.717) is 5.02 Å². The van der Waals surface area contributed by atoms with E-state index in [1.54, 1.807) is 10.6 Å². The predicted molar refractivity (Wildman–Crippen MR) is 91.6 cm³/mol. The lowest BCUT2D eigenvalue weighted by Crippen LogP contribution is -2.45. The van der Waals surface area contributed by atoms with Crippen molar-refractivity contribution in [1.29, 1.82) is 0 Å². The molecule has 0 aliphatic rings. The molecule has 0 radical (unpaired) electrons. The molecule has 0 saturated heterocycles. The van der Waals surface area contributed by atoms with E-state index in [-0.39, 0.29) is 6.09 Å². The van der Waals surface area contributed by atoms with Crippen LogP contribution in [0.1, 0.15) is 20.8 Å². The van der Waals surface area contributed by atoms with Gasteiger partial charge in [0.2, 0.25) is 0 Å². The summed E-state index contributed by atoms with van der Waals surface area (Å²) in [5.74, 6) is 0. The maximum absolute atomic E-state index is 12.6. The van der Waals surface area contributed by atoms with Crippen molar-refractivity contribution in [3.8, 4) is 0 Å². The Labute approximate surface area is 131 Å². The second kappa shape index (κ2) is 5.18. The van der Waals surface area contributed by atoms with E-state index in [2.05, 4.69) is 25.7 Å². The third-order valence-corrected chi connectivity index (χ3v) is 5.25. The summed E-state index contributed by atoms with van der Waals surface area (Å²) in [6, 6.07) is 7.64. The molecule has 0 atom stereocenters. The molecule has 1 aromatic carbocycles. The molecule has 114 valence electrons. The van der Waals surface area contributed by atoms with Crippen molar-refractivity contribution < 1.29 is 9.53 Å². The molecule has 1 heterocycles. The van der Waals surface area contributed by atoms with Gasteiger partial charge in [-0.15, -0.1) is 0 Å². The number of rotatable bonds is 1. The minimum Gasteiger partial charge on any atom is -0.443 e. The third-order valence-electron chi connectivity index (χ3n) is 3.11. The fourth-order valence-electron chi connectivity index (χ4n) is 2.24. The van der Waals surface area contributed by atoms with E-state index in [4.69, 9.17) is 16.3 Å². The first-order valence-corrected chi connectivity index (χ1v) is 10.9. The van der Waals surface area contributed by atoms with Crippen LogP contribution in [0.3, 0.4) is 0 Å². The van der Waals surface area contributed by atoms with Gasteiger partial charge in [-0.25, -0.2) is 4.79 Å². The van der Waals surface area contributed by atoms with Crippen LogP contribution in [-0.2, 0) is 4.74 Å². The molecule has 1 aromatic heterocycles. The van der Waals surface area contributed by atoms with Crippen molar-refractivity contribution in [2.45, 2.75) is 46.0 Å². The van der Waals surface area contributed by atoms with Crippen molar-refractivity contribution in [1.82, 2.24) is 4.57 Å². The Balaban J connectivity index is 2.66. The largest absolute Gasteiger partial charge is 0.443 e. The number of benzene rings is 1. The average Bonchev–Trinajstić information content (AvgIpc) is 2.64. The van der Waals surface area contributed by atoms with Crippen LogP contribution in [0.15, 0.2) is 24.3 Å². The van der Waals surface area contributed by atoms with Gasteiger partial charge in [0.05, 0.1) is 13.6 Å². The maximum Gasteiger partial charge on any atom is 0.418 e. The third kappa shape index (κ3) is 3.50. The van der Waals surface area contributed by atoms with Crippen molar-refractivity contribution in [2.24, 2.45) is 0 Å². The highest BCUT2D eigenvalue weighted by Crippen LogP contribution is 2.23. The van der Waals surface area contributed by atoms with Crippen LogP contribution in [0, 0.1) is 0 Å². The zero-order chi connectivity index (χ0) is 16.0. The number of aromatic nitrogens is 1. The molecular formula is C16H22ClNO2Si. The molecule has 0 saturated carbocycles. The minimum atomic E-state index is -1.70. The Hall–Kier alpha value is -1.26. The van der Waals surface area contributed by atoms with Crippen LogP contribution in [0.4, 0.5) is 4.79 Å².